The molecule has 0 aliphatic heterocycles. The zero-order valence-electron chi connectivity index (χ0n) is 22.1. The van der Waals surface area contributed by atoms with Crippen LogP contribution in [-0.4, -0.2) is 32.0 Å². The van der Waals surface area contributed by atoms with E-state index < -0.39 is 17.0 Å². The SMILES string of the molecule is CC(c1nc2ccccc2c(=O)n1-c1ccc(Br)cc1)N(CCc1ccccc1)C(=O)Nc1ccc([N+](=O)[O-])cc1. The molecule has 1 unspecified atom stereocenters. The highest BCUT2D eigenvalue weighted by Gasteiger charge is 2.27. The number of nitro benzene ring substituents is 1. The maximum Gasteiger partial charge on any atom is 0.322 e. The van der Waals surface area contributed by atoms with Gasteiger partial charge in [-0.25, -0.2) is 9.78 Å². The van der Waals surface area contributed by atoms with E-state index in [-0.39, 0.29) is 11.2 Å². The van der Waals surface area contributed by atoms with Gasteiger partial charge in [-0.15, -0.1) is 0 Å². The molecule has 1 atom stereocenters. The molecule has 0 radical (unpaired) electrons. The van der Waals surface area contributed by atoms with E-state index in [9.17, 15) is 19.7 Å². The summed E-state index contributed by atoms with van der Waals surface area (Å²) in [6, 6.07) is 28.9. The lowest BCUT2D eigenvalue weighted by molar-refractivity contribution is -0.384. The van der Waals surface area contributed by atoms with Crippen molar-refractivity contribution in [2.45, 2.75) is 19.4 Å². The number of aromatic nitrogens is 2. The number of carbonyl (C=O) groups is 1. The molecule has 1 N–H and O–H groups in total. The van der Waals surface area contributed by atoms with Crippen LogP contribution in [0.25, 0.3) is 16.6 Å². The zero-order valence-corrected chi connectivity index (χ0v) is 23.7. The number of urea groups is 1. The fraction of sp³-hybridized carbons (Fsp3) is 0.129. The van der Waals surface area contributed by atoms with Crippen molar-refractivity contribution in [1.29, 1.82) is 0 Å². The fourth-order valence-corrected chi connectivity index (χ4v) is 4.90. The molecule has 0 saturated carbocycles. The minimum absolute atomic E-state index is 0.0730. The van der Waals surface area contributed by atoms with Crippen molar-refractivity contribution in [1.82, 2.24) is 14.5 Å². The van der Waals surface area contributed by atoms with E-state index in [0.717, 1.165) is 10.0 Å². The highest BCUT2D eigenvalue weighted by Crippen LogP contribution is 2.25. The van der Waals surface area contributed by atoms with Crippen LogP contribution < -0.4 is 10.9 Å². The highest BCUT2D eigenvalue weighted by molar-refractivity contribution is 9.10. The van der Waals surface area contributed by atoms with E-state index in [1.165, 1.54) is 24.3 Å². The number of para-hydroxylation sites is 1. The number of nitro groups is 1. The number of halogens is 1. The minimum atomic E-state index is -0.627. The van der Waals surface area contributed by atoms with E-state index >= 15 is 0 Å². The third-order valence-electron chi connectivity index (χ3n) is 6.80. The molecule has 0 spiro atoms. The largest absolute Gasteiger partial charge is 0.322 e. The first kappa shape index (κ1) is 27.7. The Morgan fingerprint density at radius 3 is 2.32 bits per heavy atom. The Hall–Kier alpha value is -4.83. The van der Waals surface area contributed by atoms with Crippen LogP contribution in [0, 0.1) is 10.1 Å². The summed E-state index contributed by atoms with van der Waals surface area (Å²) in [5, 5.41) is 14.4. The topological polar surface area (TPSA) is 110 Å². The number of rotatable bonds is 8. The third kappa shape index (κ3) is 6.17. The molecule has 4 aromatic carbocycles. The molecule has 0 fully saturated rings. The normalized spacial score (nSPS) is 11.7. The molecule has 2 amide bonds. The first-order valence-electron chi connectivity index (χ1n) is 13.0. The Bertz CT molecular complexity index is 1760. The molecule has 1 aromatic heterocycles. The van der Waals surface area contributed by atoms with Crippen LogP contribution in [-0.2, 0) is 6.42 Å². The van der Waals surface area contributed by atoms with Gasteiger partial charge in [0.15, 0.2) is 0 Å². The molecule has 206 valence electrons. The van der Waals surface area contributed by atoms with Crippen molar-refractivity contribution in [3.8, 4) is 5.69 Å². The molecular weight excluding hydrogens is 586 g/mol. The predicted molar refractivity (Wildman–Crippen MR) is 162 cm³/mol. The molecule has 0 saturated heterocycles. The first-order valence-corrected chi connectivity index (χ1v) is 13.7. The predicted octanol–water partition coefficient (Wildman–Crippen LogP) is 6.89. The number of carbonyl (C=O) groups excluding carboxylic acids is 1. The fourth-order valence-electron chi connectivity index (χ4n) is 4.64. The summed E-state index contributed by atoms with van der Waals surface area (Å²) in [7, 11) is 0. The van der Waals surface area contributed by atoms with Crippen LogP contribution in [0.3, 0.4) is 0 Å². The summed E-state index contributed by atoms with van der Waals surface area (Å²) < 4.78 is 2.42. The quantitative estimate of drug-likeness (QED) is 0.152. The number of non-ortho nitro benzene ring substituents is 1. The number of nitrogens with one attached hydrogen (secondary N) is 1. The van der Waals surface area contributed by atoms with Crippen LogP contribution in [0.2, 0.25) is 0 Å². The summed E-state index contributed by atoms with van der Waals surface area (Å²) in [6.07, 6.45) is 0.564. The van der Waals surface area contributed by atoms with Gasteiger partial charge in [0.2, 0.25) is 0 Å². The van der Waals surface area contributed by atoms with Gasteiger partial charge in [-0.1, -0.05) is 58.4 Å². The van der Waals surface area contributed by atoms with Gasteiger partial charge in [0.25, 0.3) is 11.2 Å². The van der Waals surface area contributed by atoms with Gasteiger partial charge >= 0.3 is 6.03 Å². The Morgan fingerprint density at radius 2 is 1.63 bits per heavy atom. The smallest absolute Gasteiger partial charge is 0.314 e. The van der Waals surface area contributed by atoms with Crippen molar-refractivity contribution in [2.75, 3.05) is 11.9 Å². The molecule has 1 heterocycles. The van der Waals surface area contributed by atoms with Crippen molar-refractivity contribution < 1.29 is 9.72 Å². The highest BCUT2D eigenvalue weighted by atomic mass is 79.9. The number of fused-ring (bicyclic) bond motifs is 1. The average molecular weight is 612 g/mol. The standard InChI is InChI=1S/C31H26BrN5O4/c1-21(29-34-28-10-6-5-9-27(28)30(38)36(29)25-15-11-23(32)12-16-25)35(20-19-22-7-3-2-4-8-22)31(39)33-24-13-17-26(18-14-24)37(40)41/h2-18,21H,19-20H2,1H3,(H,33,39). The lowest BCUT2D eigenvalue weighted by Crippen LogP contribution is -2.41. The lowest BCUT2D eigenvalue weighted by Gasteiger charge is -2.31. The lowest BCUT2D eigenvalue weighted by atomic mass is 10.1. The molecule has 5 aromatic rings. The van der Waals surface area contributed by atoms with Crippen LogP contribution in [0.5, 0.6) is 0 Å². The van der Waals surface area contributed by atoms with Crippen LogP contribution in [0.1, 0.15) is 24.4 Å². The number of benzene rings is 4. The van der Waals surface area contributed by atoms with Gasteiger partial charge in [0.1, 0.15) is 5.82 Å². The summed E-state index contributed by atoms with van der Waals surface area (Å²) in [6.45, 7) is 2.17. The van der Waals surface area contributed by atoms with Gasteiger partial charge in [-0.05, 0) is 67.4 Å². The second-order valence-electron chi connectivity index (χ2n) is 9.44. The maximum absolute atomic E-state index is 13.8. The third-order valence-corrected chi connectivity index (χ3v) is 7.33. The molecule has 10 heteroatoms. The number of hydrogen-bond donors (Lipinski definition) is 1. The first-order chi connectivity index (χ1) is 19.8. The van der Waals surface area contributed by atoms with Crippen molar-refractivity contribution in [3.63, 3.8) is 0 Å². The Kier molecular flexibility index (Phi) is 8.21. The molecule has 5 rings (SSSR count). The summed E-state index contributed by atoms with van der Waals surface area (Å²) in [5.41, 5.74) is 2.30. The van der Waals surface area contributed by atoms with Crippen LogP contribution in [0.15, 0.2) is 112 Å². The van der Waals surface area contributed by atoms with E-state index in [2.05, 4.69) is 21.2 Å². The van der Waals surface area contributed by atoms with Crippen molar-refractivity contribution >= 4 is 44.2 Å². The monoisotopic (exact) mass is 611 g/mol. The van der Waals surface area contributed by atoms with Gasteiger partial charge in [0.05, 0.1) is 27.6 Å². The minimum Gasteiger partial charge on any atom is -0.314 e. The molecule has 41 heavy (non-hydrogen) atoms. The van der Waals surface area contributed by atoms with E-state index in [1.54, 1.807) is 27.7 Å². The number of hydrogen-bond acceptors (Lipinski definition) is 5. The Balaban J connectivity index is 1.57. The van der Waals surface area contributed by atoms with Gasteiger partial charge < -0.3 is 10.2 Å². The van der Waals surface area contributed by atoms with Crippen molar-refractivity contribution in [2.24, 2.45) is 0 Å². The summed E-state index contributed by atoms with van der Waals surface area (Å²) in [5.74, 6) is 0.405. The molecule has 9 nitrogen and oxygen atoms in total. The second-order valence-corrected chi connectivity index (χ2v) is 10.4. The Morgan fingerprint density at radius 1 is 0.976 bits per heavy atom. The van der Waals surface area contributed by atoms with Gasteiger partial charge in [-0.3, -0.25) is 19.5 Å². The molecular formula is C31H26BrN5O4. The van der Waals surface area contributed by atoms with Gasteiger partial charge in [-0.2, -0.15) is 0 Å². The second kappa shape index (κ2) is 12.1. The van der Waals surface area contributed by atoms with Crippen molar-refractivity contribution in [3.05, 3.63) is 139 Å². The molecule has 0 aliphatic rings. The van der Waals surface area contributed by atoms with Gasteiger partial charge in [0, 0.05) is 28.8 Å². The van der Waals surface area contributed by atoms with E-state index in [1.807, 2.05) is 67.6 Å². The molecule has 0 aliphatic carbocycles. The van der Waals surface area contributed by atoms with Crippen LogP contribution >= 0.6 is 15.9 Å². The number of nitrogens with zero attached hydrogens (tertiary/aromatic N) is 4. The summed E-state index contributed by atoms with van der Waals surface area (Å²) in [4.78, 5) is 44.7. The number of amides is 2. The molecule has 0 bridgehead atoms. The van der Waals surface area contributed by atoms with Crippen LogP contribution in [0.4, 0.5) is 16.2 Å². The van der Waals surface area contributed by atoms with E-state index in [0.29, 0.717) is 41.1 Å². The maximum atomic E-state index is 13.8. The Labute approximate surface area is 244 Å². The van der Waals surface area contributed by atoms with E-state index in [4.69, 9.17) is 4.98 Å². The average Bonchev–Trinajstić information content (AvgIpc) is 2.98. The summed E-state index contributed by atoms with van der Waals surface area (Å²) >= 11 is 3.45. The zero-order chi connectivity index (χ0) is 28.9. The number of anilines is 1.